The number of aryl methyl sites for hydroxylation is 1. The summed E-state index contributed by atoms with van der Waals surface area (Å²) >= 11 is 1.39. The van der Waals surface area contributed by atoms with Gasteiger partial charge in [0.05, 0.1) is 12.3 Å². The Morgan fingerprint density at radius 2 is 1.89 bits per heavy atom. The number of anilines is 1. The third kappa shape index (κ3) is 7.49. The number of nitrogens with one attached hydrogen (secondary N) is 2. The van der Waals surface area contributed by atoms with Gasteiger partial charge in [-0.3, -0.25) is 14.9 Å². The van der Waals surface area contributed by atoms with Crippen LogP contribution in [-0.4, -0.2) is 36.7 Å². The number of unbranched alkanes of at least 4 members (excludes halogenated alkanes) is 2. The van der Waals surface area contributed by atoms with Crippen LogP contribution in [0.25, 0.3) is 0 Å². The number of benzene rings is 2. The Kier molecular flexibility index (Phi) is 8.63. The molecule has 3 aromatic rings. The summed E-state index contributed by atoms with van der Waals surface area (Å²) in [6.07, 6.45) is 3.51. The van der Waals surface area contributed by atoms with Crippen LogP contribution in [0.3, 0.4) is 0 Å². The highest BCUT2D eigenvalue weighted by molar-refractivity contribution is 7.14. The van der Waals surface area contributed by atoms with E-state index in [1.54, 1.807) is 30.3 Å². The van der Waals surface area contributed by atoms with Crippen LogP contribution in [0.1, 0.15) is 40.9 Å². The molecule has 0 radical (unpaired) electrons. The first-order chi connectivity index (χ1) is 17.1. The van der Waals surface area contributed by atoms with Gasteiger partial charge in [-0.1, -0.05) is 18.6 Å². The summed E-state index contributed by atoms with van der Waals surface area (Å²) in [4.78, 5) is 28.8. The molecule has 35 heavy (non-hydrogen) atoms. The fourth-order valence-corrected chi connectivity index (χ4v) is 4.16. The molecule has 0 saturated heterocycles. The van der Waals surface area contributed by atoms with Gasteiger partial charge in [0, 0.05) is 17.5 Å². The Balaban J connectivity index is 1.07. The predicted molar refractivity (Wildman–Crippen MR) is 129 cm³/mol. The van der Waals surface area contributed by atoms with E-state index in [1.807, 2.05) is 5.38 Å². The molecule has 2 N–H and O–H groups in total. The average molecular weight is 500 g/mol. The molecule has 0 fully saturated rings. The van der Waals surface area contributed by atoms with E-state index in [-0.39, 0.29) is 37.6 Å². The predicted octanol–water partition coefficient (Wildman–Crippen LogP) is 4.31. The number of fused-ring (bicyclic) bond motifs is 1. The van der Waals surface area contributed by atoms with Gasteiger partial charge in [0.25, 0.3) is 5.91 Å². The number of amides is 2. The average Bonchev–Trinajstić information content (AvgIpc) is 3.51. The molecule has 184 valence electrons. The monoisotopic (exact) mass is 499 g/mol. The highest BCUT2D eigenvalue weighted by Crippen LogP contribution is 2.32. The van der Waals surface area contributed by atoms with Gasteiger partial charge in [-0.2, -0.15) is 0 Å². The number of rotatable bonds is 12. The van der Waals surface area contributed by atoms with Gasteiger partial charge in [0.1, 0.15) is 12.4 Å². The molecule has 0 spiro atoms. The van der Waals surface area contributed by atoms with Crippen molar-refractivity contribution in [2.24, 2.45) is 0 Å². The van der Waals surface area contributed by atoms with Crippen molar-refractivity contribution in [3.8, 4) is 11.5 Å². The molecule has 1 aromatic heterocycles. The van der Waals surface area contributed by atoms with Crippen molar-refractivity contribution >= 4 is 28.3 Å². The maximum absolute atomic E-state index is 12.9. The molecule has 10 heteroatoms. The highest BCUT2D eigenvalue weighted by atomic mass is 32.1. The standard InChI is InChI=1S/C25H26FN3O5S/c26-19-8-5-17(6-9-19)13-32-14-23(30)27-11-3-1-2-4-20-15-35-25(28-20)29-24(31)18-7-10-21-22(12-18)34-16-33-21/h5-10,12,15H,1-4,11,13-14,16H2,(H,27,30)(H,28,29,31). The van der Waals surface area contributed by atoms with Crippen molar-refractivity contribution in [1.82, 2.24) is 10.3 Å². The Morgan fingerprint density at radius 3 is 2.74 bits per heavy atom. The molecular weight excluding hydrogens is 473 g/mol. The van der Waals surface area contributed by atoms with Crippen molar-refractivity contribution in [2.45, 2.75) is 32.3 Å². The second kappa shape index (κ2) is 12.3. The second-order valence-electron chi connectivity index (χ2n) is 7.95. The number of hydrogen-bond donors (Lipinski definition) is 2. The van der Waals surface area contributed by atoms with Gasteiger partial charge in [-0.25, -0.2) is 9.37 Å². The summed E-state index contributed by atoms with van der Waals surface area (Å²) in [7, 11) is 0. The normalized spacial score (nSPS) is 11.9. The van der Waals surface area contributed by atoms with Crippen molar-refractivity contribution in [3.63, 3.8) is 0 Å². The largest absolute Gasteiger partial charge is 0.454 e. The van der Waals surface area contributed by atoms with Crippen LogP contribution in [0, 0.1) is 5.82 Å². The summed E-state index contributed by atoms with van der Waals surface area (Å²) in [5, 5.41) is 8.14. The number of carbonyl (C=O) groups is 2. The topological polar surface area (TPSA) is 98.8 Å². The van der Waals surface area contributed by atoms with Crippen LogP contribution in [0.15, 0.2) is 47.8 Å². The van der Waals surface area contributed by atoms with Crippen LogP contribution >= 0.6 is 11.3 Å². The van der Waals surface area contributed by atoms with Crippen molar-refractivity contribution in [1.29, 1.82) is 0 Å². The van der Waals surface area contributed by atoms with Gasteiger partial charge in [0.2, 0.25) is 12.7 Å². The number of hydrogen-bond acceptors (Lipinski definition) is 7. The van der Waals surface area contributed by atoms with Crippen LogP contribution in [0.2, 0.25) is 0 Å². The summed E-state index contributed by atoms with van der Waals surface area (Å²) < 4.78 is 28.8. The van der Waals surface area contributed by atoms with Crippen LogP contribution < -0.4 is 20.1 Å². The zero-order valence-corrected chi connectivity index (χ0v) is 19.9. The van der Waals surface area contributed by atoms with Gasteiger partial charge in [-0.05, 0) is 55.2 Å². The second-order valence-corrected chi connectivity index (χ2v) is 8.80. The minimum Gasteiger partial charge on any atom is -0.454 e. The quantitative estimate of drug-likeness (QED) is 0.361. The molecular formula is C25H26FN3O5S. The number of halogens is 1. The van der Waals surface area contributed by atoms with Crippen LogP contribution in [0.4, 0.5) is 9.52 Å². The maximum atomic E-state index is 12.9. The van der Waals surface area contributed by atoms with E-state index < -0.39 is 0 Å². The summed E-state index contributed by atoms with van der Waals surface area (Å²) in [5.41, 5.74) is 2.22. The molecule has 2 heterocycles. The number of carbonyl (C=O) groups excluding carboxylic acids is 2. The lowest BCUT2D eigenvalue weighted by Crippen LogP contribution is -2.28. The first-order valence-corrected chi connectivity index (χ1v) is 12.2. The smallest absolute Gasteiger partial charge is 0.257 e. The summed E-state index contributed by atoms with van der Waals surface area (Å²) in [6, 6.07) is 11.0. The lowest BCUT2D eigenvalue weighted by molar-refractivity contribution is -0.126. The molecule has 0 unspecified atom stereocenters. The Hall–Kier alpha value is -3.50. The van der Waals surface area contributed by atoms with Crippen LogP contribution in [0.5, 0.6) is 11.5 Å². The third-order valence-corrected chi connectivity index (χ3v) is 6.06. The van der Waals surface area contributed by atoms with Crippen LogP contribution in [-0.2, 0) is 22.6 Å². The van der Waals surface area contributed by atoms with Crippen molar-refractivity contribution in [2.75, 3.05) is 25.3 Å². The minimum atomic E-state index is -0.300. The third-order valence-electron chi connectivity index (χ3n) is 5.25. The summed E-state index contributed by atoms with van der Waals surface area (Å²) in [5.74, 6) is 0.473. The van der Waals surface area contributed by atoms with E-state index in [1.165, 1.54) is 23.5 Å². The van der Waals surface area contributed by atoms with E-state index in [4.69, 9.17) is 14.2 Å². The molecule has 2 aromatic carbocycles. The zero-order valence-electron chi connectivity index (χ0n) is 19.1. The van der Waals surface area contributed by atoms with Crippen molar-refractivity contribution in [3.05, 3.63) is 70.5 Å². The lowest BCUT2D eigenvalue weighted by Gasteiger charge is -2.06. The zero-order chi connectivity index (χ0) is 24.5. The first-order valence-electron chi connectivity index (χ1n) is 11.3. The number of ether oxygens (including phenoxy) is 3. The fraction of sp³-hybridized carbons (Fsp3) is 0.320. The summed E-state index contributed by atoms with van der Waals surface area (Å²) in [6.45, 7) is 0.972. The van der Waals surface area contributed by atoms with E-state index in [2.05, 4.69) is 15.6 Å². The molecule has 0 bridgehead atoms. The molecule has 1 aliphatic heterocycles. The van der Waals surface area contributed by atoms with E-state index in [0.717, 1.165) is 36.9 Å². The SMILES string of the molecule is O=C(COCc1ccc(F)cc1)NCCCCCc1csc(NC(=O)c2ccc3c(c2)OCO3)n1. The Labute approximate surface area is 206 Å². The molecule has 4 rings (SSSR count). The van der Waals surface area contributed by atoms with E-state index in [9.17, 15) is 14.0 Å². The van der Waals surface area contributed by atoms with Gasteiger partial charge in [-0.15, -0.1) is 11.3 Å². The maximum Gasteiger partial charge on any atom is 0.257 e. The van der Waals surface area contributed by atoms with Gasteiger partial charge < -0.3 is 19.5 Å². The molecule has 0 aliphatic carbocycles. The molecule has 1 aliphatic rings. The first kappa shape index (κ1) is 24.6. The Bertz CT molecular complexity index is 1150. The molecule has 2 amide bonds. The van der Waals surface area contributed by atoms with Crippen molar-refractivity contribution < 1.29 is 28.2 Å². The molecule has 8 nitrogen and oxygen atoms in total. The molecule has 0 saturated carbocycles. The minimum absolute atomic E-state index is 0.0308. The van der Waals surface area contributed by atoms with E-state index in [0.29, 0.717) is 28.7 Å². The Morgan fingerprint density at radius 1 is 1.06 bits per heavy atom. The fourth-order valence-electron chi connectivity index (χ4n) is 3.42. The van der Waals surface area contributed by atoms with Gasteiger partial charge >= 0.3 is 0 Å². The molecule has 0 atom stereocenters. The van der Waals surface area contributed by atoms with Gasteiger partial charge in [0.15, 0.2) is 16.6 Å². The highest BCUT2D eigenvalue weighted by Gasteiger charge is 2.17. The van der Waals surface area contributed by atoms with E-state index >= 15 is 0 Å². The number of aromatic nitrogens is 1. The number of thiazole rings is 1. The number of nitrogens with zero attached hydrogens (tertiary/aromatic N) is 1. The lowest BCUT2D eigenvalue weighted by atomic mass is 10.1.